The number of hydrogen-bond donors (Lipinski definition) is 2. The van der Waals surface area contributed by atoms with Crippen molar-refractivity contribution in [1.29, 1.82) is 0 Å². The Bertz CT molecular complexity index is 933. The molecule has 2 aromatic carbocycles. The highest BCUT2D eigenvalue weighted by Crippen LogP contribution is 2.22. The molecule has 0 bridgehead atoms. The van der Waals surface area contributed by atoms with Gasteiger partial charge in [-0.15, -0.1) is 0 Å². The molecule has 2 aromatic rings. The minimum absolute atomic E-state index is 0.0331. The first-order valence-corrected chi connectivity index (χ1v) is 10.2. The van der Waals surface area contributed by atoms with Crippen molar-refractivity contribution in [2.75, 3.05) is 16.8 Å². The zero-order chi connectivity index (χ0) is 21.5. The summed E-state index contributed by atoms with van der Waals surface area (Å²) in [6, 6.07) is 14.9. The van der Waals surface area contributed by atoms with Gasteiger partial charge in [-0.3, -0.25) is 14.4 Å². The molecule has 1 saturated heterocycles. The Morgan fingerprint density at radius 1 is 1.10 bits per heavy atom. The number of nitrogens with one attached hydrogen (secondary N) is 2. The van der Waals surface area contributed by atoms with Crippen molar-refractivity contribution in [3.63, 3.8) is 0 Å². The Labute approximate surface area is 177 Å². The third kappa shape index (κ3) is 5.56. The SMILES string of the molecule is CCC(=O)Nc1ccc(C(C)NC(=O)/C=C/c2ccc(N3CCCC3=O)cc2)cc1. The number of amides is 3. The molecule has 1 unspecified atom stereocenters. The molecule has 0 aliphatic carbocycles. The Morgan fingerprint density at radius 2 is 1.80 bits per heavy atom. The highest BCUT2D eigenvalue weighted by molar-refractivity contribution is 5.95. The van der Waals surface area contributed by atoms with Crippen LogP contribution in [0, 0.1) is 0 Å². The molecular formula is C24H27N3O3. The van der Waals surface area contributed by atoms with E-state index < -0.39 is 0 Å². The first kappa shape index (κ1) is 21.3. The van der Waals surface area contributed by atoms with Gasteiger partial charge in [-0.05, 0) is 54.8 Å². The van der Waals surface area contributed by atoms with Crippen LogP contribution in [0.1, 0.15) is 50.3 Å². The topological polar surface area (TPSA) is 78.5 Å². The van der Waals surface area contributed by atoms with E-state index in [0.29, 0.717) is 12.8 Å². The van der Waals surface area contributed by atoms with Gasteiger partial charge in [0.1, 0.15) is 0 Å². The van der Waals surface area contributed by atoms with E-state index in [-0.39, 0.29) is 23.8 Å². The molecule has 2 N–H and O–H groups in total. The van der Waals surface area contributed by atoms with Crippen molar-refractivity contribution in [2.45, 2.75) is 39.2 Å². The molecule has 0 spiro atoms. The standard InChI is InChI=1S/C24H27N3O3/c1-3-22(28)26-20-11-9-19(10-12-20)17(2)25-23(29)15-8-18-6-13-21(14-7-18)27-16-4-5-24(27)30/h6-15,17H,3-5,16H2,1-2H3,(H,25,29)(H,26,28)/b15-8+. The molecule has 0 radical (unpaired) electrons. The van der Waals surface area contributed by atoms with Gasteiger partial charge in [-0.2, -0.15) is 0 Å². The molecule has 6 heteroatoms. The quantitative estimate of drug-likeness (QED) is 0.682. The van der Waals surface area contributed by atoms with Crippen LogP contribution in [0.4, 0.5) is 11.4 Å². The summed E-state index contributed by atoms with van der Waals surface area (Å²) >= 11 is 0. The smallest absolute Gasteiger partial charge is 0.244 e. The molecule has 1 fully saturated rings. The van der Waals surface area contributed by atoms with Crippen molar-refractivity contribution in [1.82, 2.24) is 5.32 Å². The monoisotopic (exact) mass is 405 g/mol. The van der Waals surface area contributed by atoms with Crippen molar-refractivity contribution < 1.29 is 14.4 Å². The largest absolute Gasteiger partial charge is 0.346 e. The maximum atomic E-state index is 12.3. The molecular weight excluding hydrogens is 378 g/mol. The second kappa shape index (κ2) is 9.87. The van der Waals surface area contributed by atoms with E-state index >= 15 is 0 Å². The van der Waals surface area contributed by atoms with E-state index in [1.54, 1.807) is 17.9 Å². The Hall–Kier alpha value is -3.41. The van der Waals surface area contributed by atoms with Crippen molar-refractivity contribution in [2.24, 2.45) is 0 Å². The minimum atomic E-state index is -0.190. The third-order valence-corrected chi connectivity index (χ3v) is 5.08. The summed E-state index contributed by atoms with van der Waals surface area (Å²) < 4.78 is 0. The predicted molar refractivity (Wildman–Crippen MR) is 119 cm³/mol. The van der Waals surface area contributed by atoms with Crippen LogP contribution in [0.2, 0.25) is 0 Å². The van der Waals surface area contributed by atoms with Crippen LogP contribution in [-0.2, 0) is 14.4 Å². The Morgan fingerprint density at radius 3 is 2.40 bits per heavy atom. The highest BCUT2D eigenvalue weighted by atomic mass is 16.2. The molecule has 1 aliphatic rings. The molecule has 0 aromatic heterocycles. The fourth-order valence-corrected chi connectivity index (χ4v) is 3.31. The summed E-state index contributed by atoms with van der Waals surface area (Å²) in [6.45, 7) is 4.48. The first-order valence-electron chi connectivity index (χ1n) is 10.2. The second-order valence-electron chi connectivity index (χ2n) is 7.33. The van der Waals surface area contributed by atoms with Gasteiger partial charge in [0.2, 0.25) is 17.7 Å². The number of carbonyl (C=O) groups excluding carboxylic acids is 3. The van der Waals surface area contributed by atoms with E-state index in [9.17, 15) is 14.4 Å². The number of rotatable bonds is 7. The zero-order valence-electron chi connectivity index (χ0n) is 17.4. The summed E-state index contributed by atoms with van der Waals surface area (Å²) in [6.07, 6.45) is 5.19. The van der Waals surface area contributed by atoms with Gasteiger partial charge in [-0.1, -0.05) is 31.2 Å². The van der Waals surface area contributed by atoms with E-state index in [4.69, 9.17) is 0 Å². The maximum Gasteiger partial charge on any atom is 0.244 e. The number of carbonyl (C=O) groups is 3. The van der Waals surface area contributed by atoms with Gasteiger partial charge in [0.05, 0.1) is 6.04 Å². The lowest BCUT2D eigenvalue weighted by atomic mass is 10.1. The number of anilines is 2. The van der Waals surface area contributed by atoms with Crippen molar-refractivity contribution in [3.8, 4) is 0 Å². The summed E-state index contributed by atoms with van der Waals surface area (Å²) in [5.41, 5.74) is 3.48. The summed E-state index contributed by atoms with van der Waals surface area (Å²) in [7, 11) is 0. The first-order chi connectivity index (χ1) is 14.5. The fourth-order valence-electron chi connectivity index (χ4n) is 3.31. The van der Waals surface area contributed by atoms with E-state index in [1.807, 2.05) is 55.5 Å². The van der Waals surface area contributed by atoms with E-state index in [1.165, 1.54) is 6.08 Å². The van der Waals surface area contributed by atoms with Crippen LogP contribution in [0.5, 0.6) is 0 Å². The van der Waals surface area contributed by atoms with Crippen LogP contribution < -0.4 is 15.5 Å². The highest BCUT2D eigenvalue weighted by Gasteiger charge is 2.21. The average Bonchev–Trinajstić information content (AvgIpc) is 3.19. The van der Waals surface area contributed by atoms with Crippen molar-refractivity contribution >= 4 is 35.2 Å². The Balaban J connectivity index is 1.53. The normalized spacial score (nSPS) is 14.7. The summed E-state index contributed by atoms with van der Waals surface area (Å²) in [5.74, 6) is -0.0635. The molecule has 6 nitrogen and oxygen atoms in total. The molecule has 3 rings (SSSR count). The van der Waals surface area contributed by atoms with Gasteiger partial charge in [0.25, 0.3) is 0 Å². The van der Waals surface area contributed by atoms with E-state index in [0.717, 1.165) is 35.5 Å². The summed E-state index contributed by atoms with van der Waals surface area (Å²) in [4.78, 5) is 37.3. The van der Waals surface area contributed by atoms with Crippen LogP contribution in [0.3, 0.4) is 0 Å². The molecule has 1 atom stereocenters. The maximum absolute atomic E-state index is 12.3. The van der Waals surface area contributed by atoms with Gasteiger partial charge in [0, 0.05) is 36.8 Å². The van der Waals surface area contributed by atoms with E-state index in [2.05, 4.69) is 10.6 Å². The number of hydrogen-bond acceptors (Lipinski definition) is 3. The lowest BCUT2D eigenvalue weighted by molar-refractivity contribution is -0.117. The van der Waals surface area contributed by atoms with Crippen LogP contribution >= 0.6 is 0 Å². The molecule has 3 amide bonds. The lowest BCUT2D eigenvalue weighted by Crippen LogP contribution is -2.24. The number of benzene rings is 2. The zero-order valence-corrected chi connectivity index (χ0v) is 17.4. The van der Waals surface area contributed by atoms with Gasteiger partial charge >= 0.3 is 0 Å². The minimum Gasteiger partial charge on any atom is -0.346 e. The Kier molecular flexibility index (Phi) is 7.01. The molecule has 1 heterocycles. The van der Waals surface area contributed by atoms with Gasteiger partial charge in [0.15, 0.2) is 0 Å². The van der Waals surface area contributed by atoms with Crippen molar-refractivity contribution in [3.05, 3.63) is 65.7 Å². The fraction of sp³-hybridized carbons (Fsp3) is 0.292. The number of nitrogens with zero attached hydrogens (tertiary/aromatic N) is 1. The average molecular weight is 405 g/mol. The summed E-state index contributed by atoms with van der Waals surface area (Å²) in [5, 5.41) is 5.74. The van der Waals surface area contributed by atoms with Crippen LogP contribution in [0.15, 0.2) is 54.6 Å². The molecule has 30 heavy (non-hydrogen) atoms. The second-order valence-corrected chi connectivity index (χ2v) is 7.33. The van der Waals surface area contributed by atoms with Crippen LogP contribution in [0.25, 0.3) is 6.08 Å². The lowest BCUT2D eigenvalue weighted by Gasteiger charge is -2.15. The van der Waals surface area contributed by atoms with Gasteiger partial charge < -0.3 is 15.5 Å². The van der Waals surface area contributed by atoms with Crippen LogP contribution in [-0.4, -0.2) is 24.3 Å². The molecule has 1 aliphatic heterocycles. The third-order valence-electron chi connectivity index (χ3n) is 5.08. The predicted octanol–water partition coefficient (Wildman–Crippen LogP) is 4.05. The van der Waals surface area contributed by atoms with Gasteiger partial charge in [-0.25, -0.2) is 0 Å². The molecule has 156 valence electrons. The molecule has 0 saturated carbocycles.